The predicted octanol–water partition coefficient (Wildman–Crippen LogP) is 2.31. The Kier molecular flexibility index (Phi) is 4.51. The van der Waals surface area contributed by atoms with Gasteiger partial charge in [-0.2, -0.15) is 5.26 Å². The normalized spacial score (nSPS) is 12.2. The summed E-state index contributed by atoms with van der Waals surface area (Å²) >= 11 is 0. The van der Waals surface area contributed by atoms with Gasteiger partial charge >= 0.3 is 0 Å². The number of nitrogens with one attached hydrogen (secondary N) is 1. The Labute approximate surface area is 136 Å². The van der Waals surface area contributed by atoms with E-state index >= 15 is 0 Å². The van der Waals surface area contributed by atoms with Crippen molar-refractivity contribution in [2.75, 3.05) is 6.54 Å². The number of hydrogen-bond acceptors (Lipinski definition) is 4. The van der Waals surface area contributed by atoms with E-state index < -0.39 is 17.7 Å². The molecule has 2 aromatic heterocycles. The first-order chi connectivity index (χ1) is 11.6. The van der Waals surface area contributed by atoms with Gasteiger partial charge in [0.2, 0.25) is 0 Å². The van der Waals surface area contributed by atoms with Crippen molar-refractivity contribution >= 4 is 5.65 Å². The van der Waals surface area contributed by atoms with Crippen molar-refractivity contribution < 1.29 is 13.9 Å². The van der Waals surface area contributed by atoms with E-state index in [2.05, 4.69) is 16.4 Å². The number of nitrogens with zero attached hydrogens (tertiary/aromatic N) is 3. The number of rotatable bonds is 5. The van der Waals surface area contributed by atoms with Crippen LogP contribution in [-0.2, 0) is 6.54 Å². The molecule has 0 fully saturated rings. The van der Waals surface area contributed by atoms with Crippen molar-refractivity contribution in [1.29, 1.82) is 5.26 Å². The number of imidazole rings is 1. The number of halogens is 2. The zero-order valence-corrected chi connectivity index (χ0v) is 12.6. The van der Waals surface area contributed by atoms with E-state index in [9.17, 15) is 13.9 Å². The lowest BCUT2D eigenvalue weighted by Crippen LogP contribution is -2.23. The van der Waals surface area contributed by atoms with Crippen LogP contribution in [0.1, 0.15) is 22.9 Å². The lowest BCUT2D eigenvalue weighted by atomic mass is 10.1. The Hall–Kier alpha value is -2.82. The molecule has 7 heteroatoms. The van der Waals surface area contributed by atoms with Crippen molar-refractivity contribution in [3.05, 3.63) is 71.2 Å². The molecule has 2 N–H and O–H groups in total. The van der Waals surface area contributed by atoms with Gasteiger partial charge in [0.15, 0.2) is 0 Å². The van der Waals surface area contributed by atoms with Gasteiger partial charge in [-0.25, -0.2) is 13.8 Å². The highest BCUT2D eigenvalue weighted by molar-refractivity contribution is 5.44. The van der Waals surface area contributed by atoms with Crippen molar-refractivity contribution in [3.8, 4) is 6.07 Å². The number of aromatic nitrogens is 2. The van der Waals surface area contributed by atoms with Crippen LogP contribution < -0.4 is 5.32 Å². The molecule has 2 heterocycles. The molecule has 1 unspecified atom stereocenters. The first kappa shape index (κ1) is 16.1. The molecule has 3 aromatic rings. The quantitative estimate of drug-likeness (QED) is 0.754. The average Bonchev–Trinajstić information content (AvgIpc) is 2.97. The number of aliphatic hydroxyl groups is 1. The molecule has 0 aliphatic heterocycles. The van der Waals surface area contributed by atoms with Crippen molar-refractivity contribution in [3.63, 3.8) is 0 Å². The van der Waals surface area contributed by atoms with Gasteiger partial charge in [-0.15, -0.1) is 0 Å². The highest BCUT2D eigenvalue weighted by atomic mass is 19.1. The fourth-order valence-corrected chi connectivity index (χ4v) is 2.50. The molecule has 5 nitrogen and oxygen atoms in total. The smallest absolute Gasteiger partial charge is 0.137 e. The second kappa shape index (κ2) is 6.74. The van der Waals surface area contributed by atoms with Crippen molar-refractivity contribution in [2.24, 2.45) is 0 Å². The third-order valence-corrected chi connectivity index (χ3v) is 3.69. The summed E-state index contributed by atoms with van der Waals surface area (Å²) in [5.41, 5.74) is 1.60. The number of fused-ring (bicyclic) bond motifs is 1. The number of pyridine rings is 1. The molecule has 24 heavy (non-hydrogen) atoms. The first-order valence-electron chi connectivity index (χ1n) is 7.29. The van der Waals surface area contributed by atoms with Gasteiger partial charge in [0.1, 0.15) is 23.4 Å². The summed E-state index contributed by atoms with van der Waals surface area (Å²) in [7, 11) is 0. The van der Waals surface area contributed by atoms with E-state index in [0.29, 0.717) is 17.8 Å². The Morgan fingerprint density at radius 2 is 2.00 bits per heavy atom. The minimum Gasteiger partial charge on any atom is -0.387 e. The summed E-state index contributed by atoms with van der Waals surface area (Å²) in [6.45, 7) is 0.298. The second-order valence-corrected chi connectivity index (χ2v) is 5.29. The zero-order chi connectivity index (χ0) is 17.1. The minimum absolute atomic E-state index is 0.0248. The molecule has 0 radical (unpaired) electrons. The van der Waals surface area contributed by atoms with Crippen LogP contribution in [0.2, 0.25) is 0 Å². The van der Waals surface area contributed by atoms with E-state index in [0.717, 1.165) is 17.8 Å². The topological polar surface area (TPSA) is 73.3 Å². The second-order valence-electron chi connectivity index (χ2n) is 5.29. The molecule has 0 aliphatic rings. The van der Waals surface area contributed by atoms with Gasteiger partial charge in [-0.1, -0.05) is 6.07 Å². The molecular formula is C17H14F2N4O. The largest absolute Gasteiger partial charge is 0.387 e. The first-order valence-corrected chi connectivity index (χ1v) is 7.29. The Balaban J connectivity index is 1.70. The molecule has 1 aromatic carbocycles. The average molecular weight is 328 g/mol. The van der Waals surface area contributed by atoms with Crippen LogP contribution in [0.15, 0.2) is 42.7 Å². The number of aliphatic hydroxyl groups excluding tert-OH is 1. The Bertz CT molecular complexity index is 896. The van der Waals surface area contributed by atoms with Gasteiger partial charge in [0.25, 0.3) is 0 Å². The lowest BCUT2D eigenvalue weighted by molar-refractivity contribution is 0.164. The van der Waals surface area contributed by atoms with Crippen LogP contribution in [-0.4, -0.2) is 21.0 Å². The highest BCUT2D eigenvalue weighted by Gasteiger charge is 2.17. The van der Waals surface area contributed by atoms with Crippen LogP contribution in [0.3, 0.4) is 0 Å². The van der Waals surface area contributed by atoms with Crippen LogP contribution in [0, 0.1) is 23.0 Å². The molecule has 0 saturated heterocycles. The molecular weight excluding hydrogens is 314 g/mol. The minimum atomic E-state index is -1.31. The molecule has 0 spiro atoms. The van der Waals surface area contributed by atoms with Crippen LogP contribution >= 0.6 is 0 Å². The molecule has 3 rings (SSSR count). The van der Waals surface area contributed by atoms with Crippen LogP contribution in [0.5, 0.6) is 0 Å². The monoisotopic (exact) mass is 328 g/mol. The summed E-state index contributed by atoms with van der Waals surface area (Å²) in [5, 5.41) is 21.9. The Morgan fingerprint density at radius 3 is 2.71 bits per heavy atom. The zero-order valence-electron chi connectivity index (χ0n) is 12.6. The number of nitriles is 1. The maximum absolute atomic E-state index is 13.6. The summed E-state index contributed by atoms with van der Waals surface area (Å²) in [6, 6.07) is 8.91. The molecule has 0 bridgehead atoms. The fraction of sp³-hybridized carbons (Fsp3) is 0.176. The SMILES string of the molecule is N#Cc1ccc2ncc(CNCC(O)c3c(F)cccc3F)n2c1. The van der Waals surface area contributed by atoms with Crippen LogP contribution in [0.4, 0.5) is 8.78 Å². The molecule has 0 aliphatic carbocycles. The van der Waals surface area contributed by atoms with E-state index in [1.807, 2.05) is 0 Å². The summed E-state index contributed by atoms with van der Waals surface area (Å²) < 4.78 is 29.0. The fourth-order valence-electron chi connectivity index (χ4n) is 2.50. The highest BCUT2D eigenvalue weighted by Crippen LogP contribution is 2.20. The maximum atomic E-state index is 13.6. The van der Waals surface area contributed by atoms with Gasteiger partial charge in [0, 0.05) is 19.3 Å². The van der Waals surface area contributed by atoms with E-state index in [1.54, 1.807) is 28.9 Å². The summed E-state index contributed by atoms with van der Waals surface area (Å²) in [4.78, 5) is 4.21. The van der Waals surface area contributed by atoms with Gasteiger partial charge in [-0.05, 0) is 24.3 Å². The van der Waals surface area contributed by atoms with Gasteiger partial charge in [0.05, 0.1) is 29.1 Å². The summed E-state index contributed by atoms with van der Waals surface area (Å²) in [5.74, 6) is -1.56. The predicted molar refractivity (Wildman–Crippen MR) is 82.9 cm³/mol. The van der Waals surface area contributed by atoms with Gasteiger partial charge in [-0.3, -0.25) is 0 Å². The Morgan fingerprint density at radius 1 is 1.25 bits per heavy atom. The summed E-state index contributed by atoms with van der Waals surface area (Å²) in [6.07, 6.45) is 1.99. The standard InChI is InChI=1S/C17H14F2N4O/c18-13-2-1-3-14(19)17(13)15(24)9-21-7-12-8-22-16-5-4-11(6-20)10-23(12)16/h1-5,8,10,15,21,24H,7,9H2. The molecule has 122 valence electrons. The lowest BCUT2D eigenvalue weighted by Gasteiger charge is -2.13. The molecule has 0 saturated carbocycles. The molecule has 1 atom stereocenters. The number of hydrogen-bond donors (Lipinski definition) is 2. The van der Waals surface area contributed by atoms with Crippen LogP contribution in [0.25, 0.3) is 5.65 Å². The van der Waals surface area contributed by atoms with E-state index in [-0.39, 0.29) is 12.1 Å². The van der Waals surface area contributed by atoms with E-state index in [1.165, 1.54) is 6.07 Å². The number of benzene rings is 1. The third kappa shape index (κ3) is 3.11. The van der Waals surface area contributed by atoms with Crippen molar-refractivity contribution in [2.45, 2.75) is 12.6 Å². The van der Waals surface area contributed by atoms with Gasteiger partial charge < -0.3 is 14.8 Å². The van der Waals surface area contributed by atoms with E-state index in [4.69, 9.17) is 5.26 Å². The third-order valence-electron chi connectivity index (χ3n) is 3.69. The maximum Gasteiger partial charge on any atom is 0.137 e. The van der Waals surface area contributed by atoms with Crippen molar-refractivity contribution in [1.82, 2.24) is 14.7 Å². The molecule has 0 amide bonds.